The second-order valence-electron chi connectivity index (χ2n) is 6.64. The van der Waals surface area contributed by atoms with Crippen LogP contribution in [0.4, 0.5) is 11.4 Å². The molecule has 2 aliphatic heterocycles. The Hall–Kier alpha value is -1.59. The van der Waals surface area contributed by atoms with E-state index in [1.54, 1.807) is 0 Å². The molecule has 1 spiro atoms. The number of rotatable bonds is 5. The Kier molecular flexibility index (Phi) is 5.41. The molecule has 0 saturated carbocycles. The zero-order valence-corrected chi connectivity index (χ0v) is 14.7. The highest BCUT2D eigenvalue weighted by Gasteiger charge is 2.39. The molecule has 2 aliphatic rings. The fourth-order valence-electron chi connectivity index (χ4n) is 3.55. The minimum atomic E-state index is -0.334. The fraction of sp³-hybridized carbons (Fsp3) is 0.632. The van der Waals surface area contributed by atoms with Gasteiger partial charge < -0.3 is 19.7 Å². The number of amides is 1. The van der Waals surface area contributed by atoms with Crippen LogP contribution in [0.5, 0.6) is 0 Å². The molecule has 132 valence electrons. The van der Waals surface area contributed by atoms with Crippen molar-refractivity contribution in [3.05, 3.63) is 24.3 Å². The summed E-state index contributed by atoms with van der Waals surface area (Å²) in [7, 11) is 0. The molecule has 2 saturated heterocycles. The summed E-state index contributed by atoms with van der Waals surface area (Å²) in [4.78, 5) is 14.5. The van der Waals surface area contributed by atoms with E-state index in [-0.39, 0.29) is 17.6 Å². The standard InChI is InChI=1S/C19H28N2O3/c1-3-15(4-2)18(22)20-16-5-7-17(8-6-16)21-11-9-19(10-12-21)23-13-14-24-19/h5-8,15H,3-4,9-14H2,1-2H3,(H,20,22). The Morgan fingerprint density at radius 3 is 2.25 bits per heavy atom. The van der Waals surface area contributed by atoms with E-state index in [1.165, 1.54) is 5.69 Å². The van der Waals surface area contributed by atoms with Gasteiger partial charge in [0.15, 0.2) is 5.79 Å². The quantitative estimate of drug-likeness (QED) is 0.898. The first-order valence-corrected chi connectivity index (χ1v) is 9.09. The van der Waals surface area contributed by atoms with Crippen molar-refractivity contribution >= 4 is 17.3 Å². The van der Waals surface area contributed by atoms with Crippen LogP contribution in [0.25, 0.3) is 0 Å². The SMILES string of the molecule is CCC(CC)C(=O)Nc1ccc(N2CCC3(CC2)OCCO3)cc1. The molecular formula is C19H28N2O3. The van der Waals surface area contributed by atoms with Crippen LogP contribution in [0.3, 0.4) is 0 Å². The average molecular weight is 332 g/mol. The molecule has 1 aromatic carbocycles. The molecule has 5 nitrogen and oxygen atoms in total. The third kappa shape index (κ3) is 3.73. The molecule has 2 heterocycles. The Balaban J connectivity index is 1.56. The third-order valence-electron chi connectivity index (χ3n) is 5.20. The van der Waals surface area contributed by atoms with Gasteiger partial charge in [-0.05, 0) is 37.1 Å². The van der Waals surface area contributed by atoms with Crippen LogP contribution in [-0.4, -0.2) is 38.0 Å². The highest BCUT2D eigenvalue weighted by atomic mass is 16.7. The number of hydrogen-bond donors (Lipinski definition) is 1. The number of benzene rings is 1. The molecule has 1 aromatic rings. The molecule has 3 rings (SSSR count). The second kappa shape index (κ2) is 7.53. The summed E-state index contributed by atoms with van der Waals surface area (Å²) in [6, 6.07) is 8.14. The number of carbonyl (C=O) groups is 1. The van der Waals surface area contributed by atoms with E-state index >= 15 is 0 Å². The smallest absolute Gasteiger partial charge is 0.227 e. The molecule has 0 radical (unpaired) electrons. The molecule has 2 fully saturated rings. The predicted molar refractivity (Wildman–Crippen MR) is 95.2 cm³/mol. The molecular weight excluding hydrogens is 304 g/mol. The van der Waals surface area contributed by atoms with Crippen LogP contribution >= 0.6 is 0 Å². The maximum atomic E-state index is 12.2. The molecule has 5 heteroatoms. The number of hydrogen-bond acceptors (Lipinski definition) is 4. The van der Waals surface area contributed by atoms with Crippen LogP contribution in [0.15, 0.2) is 24.3 Å². The summed E-state index contributed by atoms with van der Waals surface area (Å²) in [6.07, 6.45) is 3.56. The number of piperidine rings is 1. The van der Waals surface area contributed by atoms with E-state index in [4.69, 9.17) is 9.47 Å². The zero-order chi connectivity index (χ0) is 17.0. The van der Waals surface area contributed by atoms with E-state index in [1.807, 2.05) is 12.1 Å². The first-order valence-electron chi connectivity index (χ1n) is 9.09. The first-order chi connectivity index (χ1) is 11.7. The van der Waals surface area contributed by atoms with Crippen molar-refractivity contribution < 1.29 is 14.3 Å². The average Bonchev–Trinajstić information content (AvgIpc) is 3.06. The van der Waals surface area contributed by atoms with Crippen LogP contribution in [0.1, 0.15) is 39.5 Å². The first kappa shape index (κ1) is 17.2. The summed E-state index contributed by atoms with van der Waals surface area (Å²) in [5, 5.41) is 3.02. The van der Waals surface area contributed by atoms with Crippen LogP contribution in [0.2, 0.25) is 0 Å². The largest absolute Gasteiger partial charge is 0.371 e. The number of anilines is 2. The van der Waals surface area contributed by atoms with Gasteiger partial charge in [-0.2, -0.15) is 0 Å². The zero-order valence-electron chi connectivity index (χ0n) is 14.7. The van der Waals surface area contributed by atoms with Gasteiger partial charge in [-0.1, -0.05) is 13.8 Å². The lowest BCUT2D eigenvalue weighted by atomic mass is 10.0. The Morgan fingerprint density at radius 1 is 1.12 bits per heavy atom. The predicted octanol–water partition coefficient (Wildman–Crippen LogP) is 3.40. The summed E-state index contributed by atoms with van der Waals surface area (Å²) in [5.74, 6) is -0.128. The van der Waals surface area contributed by atoms with E-state index in [9.17, 15) is 4.79 Å². The number of nitrogens with zero attached hydrogens (tertiary/aromatic N) is 1. The van der Waals surface area contributed by atoms with E-state index < -0.39 is 0 Å². The van der Waals surface area contributed by atoms with Crippen molar-refractivity contribution in [2.75, 3.05) is 36.5 Å². The van der Waals surface area contributed by atoms with Gasteiger partial charge in [-0.3, -0.25) is 4.79 Å². The van der Waals surface area contributed by atoms with Gasteiger partial charge in [0.2, 0.25) is 5.91 Å². The minimum absolute atomic E-state index is 0.0920. The molecule has 0 aromatic heterocycles. The molecule has 0 bridgehead atoms. The van der Waals surface area contributed by atoms with Crippen molar-refractivity contribution in [2.24, 2.45) is 5.92 Å². The monoisotopic (exact) mass is 332 g/mol. The maximum Gasteiger partial charge on any atom is 0.227 e. The lowest BCUT2D eigenvalue weighted by Crippen LogP contribution is -2.45. The van der Waals surface area contributed by atoms with Crippen LogP contribution in [0, 0.1) is 5.92 Å². The Morgan fingerprint density at radius 2 is 1.71 bits per heavy atom. The highest BCUT2D eigenvalue weighted by Crippen LogP contribution is 2.33. The number of ether oxygens (including phenoxy) is 2. The lowest BCUT2D eigenvalue weighted by molar-refractivity contribution is -0.169. The van der Waals surface area contributed by atoms with Gasteiger partial charge in [-0.15, -0.1) is 0 Å². The number of nitrogens with one attached hydrogen (secondary N) is 1. The van der Waals surface area contributed by atoms with Crippen molar-refractivity contribution in [2.45, 2.75) is 45.3 Å². The van der Waals surface area contributed by atoms with Crippen molar-refractivity contribution in [3.63, 3.8) is 0 Å². The Labute approximate surface area is 144 Å². The lowest BCUT2D eigenvalue weighted by Gasteiger charge is -2.38. The number of carbonyl (C=O) groups excluding carboxylic acids is 1. The Bertz CT molecular complexity index is 538. The van der Waals surface area contributed by atoms with Gasteiger partial charge in [0.25, 0.3) is 0 Å². The van der Waals surface area contributed by atoms with E-state index in [2.05, 4.69) is 36.2 Å². The molecule has 0 aliphatic carbocycles. The summed E-state index contributed by atoms with van der Waals surface area (Å²) >= 11 is 0. The van der Waals surface area contributed by atoms with E-state index in [0.29, 0.717) is 13.2 Å². The summed E-state index contributed by atoms with van der Waals surface area (Å²) in [5.41, 5.74) is 2.05. The second-order valence-corrected chi connectivity index (χ2v) is 6.64. The van der Waals surface area contributed by atoms with Gasteiger partial charge in [-0.25, -0.2) is 0 Å². The van der Waals surface area contributed by atoms with Gasteiger partial charge >= 0.3 is 0 Å². The molecule has 24 heavy (non-hydrogen) atoms. The molecule has 1 amide bonds. The maximum absolute atomic E-state index is 12.2. The van der Waals surface area contributed by atoms with Gasteiger partial charge in [0.1, 0.15) is 0 Å². The highest BCUT2D eigenvalue weighted by molar-refractivity contribution is 5.92. The topological polar surface area (TPSA) is 50.8 Å². The molecule has 1 N–H and O–H groups in total. The normalized spacial score (nSPS) is 19.9. The third-order valence-corrected chi connectivity index (χ3v) is 5.20. The van der Waals surface area contributed by atoms with Crippen molar-refractivity contribution in [1.82, 2.24) is 0 Å². The van der Waals surface area contributed by atoms with Crippen molar-refractivity contribution in [1.29, 1.82) is 0 Å². The van der Waals surface area contributed by atoms with Crippen molar-refractivity contribution in [3.8, 4) is 0 Å². The molecule has 0 unspecified atom stereocenters. The summed E-state index contributed by atoms with van der Waals surface area (Å²) < 4.78 is 11.6. The van der Waals surface area contributed by atoms with Crippen LogP contribution < -0.4 is 10.2 Å². The van der Waals surface area contributed by atoms with E-state index in [0.717, 1.165) is 44.5 Å². The molecule has 0 atom stereocenters. The minimum Gasteiger partial charge on any atom is -0.371 e. The summed E-state index contributed by atoms with van der Waals surface area (Å²) in [6.45, 7) is 7.39. The van der Waals surface area contributed by atoms with Gasteiger partial charge in [0, 0.05) is 43.2 Å². The van der Waals surface area contributed by atoms with Crippen LogP contribution in [-0.2, 0) is 14.3 Å². The van der Waals surface area contributed by atoms with Gasteiger partial charge in [0.05, 0.1) is 13.2 Å². The fourth-order valence-corrected chi connectivity index (χ4v) is 3.55.